The zero-order chi connectivity index (χ0) is 22.1. The van der Waals surface area contributed by atoms with Gasteiger partial charge in [0.05, 0.1) is 6.54 Å². The summed E-state index contributed by atoms with van der Waals surface area (Å²) in [6, 6.07) is 15.4. The van der Waals surface area contributed by atoms with Crippen LogP contribution < -0.4 is 15.5 Å². The molecule has 0 saturated carbocycles. The molecule has 8 nitrogen and oxygen atoms in total. The molecule has 5 rings (SSSR count). The standard InChI is InChI=1S/C23H23ClN6O2/c24-16-7-5-15(6-8-16)21-17-3-1-2-4-18(17)22(28-27-21)29-9-11-30(12-10-29)23(32)19-13-26-20(31)14-25-19/h1-8,19,25H,9-14H2,(H,26,31)/t19-/m0/s1. The second-order valence-electron chi connectivity index (χ2n) is 7.97. The normalized spacial score (nSPS) is 19.2. The van der Waals surface area contributed by atoms with Crippen molar-refractivity contribution in [1.29, 1.82) is 0 Å². The maximum Gasteiger partial charge on any atom is 0.241 e. The van der Waals surface area contributed by atoms with Crippen LogP contribution in [-0.4, -0.2) is 72.2 Å². The molecule has 3 aromatic rings. The number of piperazine rings is 2. The van der Waals surface area contributed by atoms with Crippen LogP contribution in [0.2, 0.25) is 5.02 Å². The van der Waals surface area contributed by atoms with Gasteiger partial charge < -0.3 is 15.1 Å². The van der Waals surface area contributed by atoms with E-state index in [0.717, 1.165) is 27.8 Å². The van der Waals surface area contributed by atoms with Gasteiger partial charge in [-0.2, -0.15) is 0 Å². The molecule has 164 valence electrons. The van der Waals surface area contributed by atoms with Crippen LogP contribution in [0.3, 0.4) is 0 Å². The van der Waals surface area contributed by atoms with Crippen LogP contribution in [-0.2, 0) is 9.59 Å². The van der Waals surface area contributed by atoms with Crippen molar-refractivity contribution in [1.82, 2.24) is 25.7 Å². The minimum absolute atomic E-state index is 0.0266. The van der Waals surface area contributed by atoms with E-state index in [4.69, 9.17) is 11.6 Å². The number of aromatic nitrogens is 2. The third-order valence-corrected chi connectivity index (χ3v) is 6.24. The molecule has 0 bridgehead atoms. The van der Waals surface area contributed by atoms with E-state index >= 15 is 0 Å². The molecule has 2 N–H and O–H groups in total. The number of halogens is 1. The summed E-state index contributed by atoms with van der Waals surface area (Å²) in [7, 11) is 0. The van der Waals surface area contributed by atoms with Gasteiger partial charge >= 0.3 is 0 Å². The fourth-order valence-electron chi connectivity index (χ4n) is 4.24. The SMILES string of the molecule is O=C1CN[C@H](C(=O)N2CCN(c3nnc(-c4ccc(Cl)cc4)c4ccccc34)CC2)CN1. The van der Waals surface area contributed by atoms with Crippen molar-refractivity contribution in [2.45, 2.75) is 6.04 Å². The van der Waals surface area contributed by atoms with Crippen LogP contribution >= 0.6 is 11.6 Å². The number of fused-ring (bicyclic) bond motifs is 1. The maximum absolute atomic E-state index is 12.8. The molecule has 2 fully saturated rings. The Kier molecular flexibility index (Phi) is 5.63. The monoisotopic (exact) mass is 450 g/mol. The average Bonchev–Trinajstić information content (AvgIpc) is 2.84. The minimum atomic E-state index is -0.362. The van der Waals surface area contributed by atoms with E-state index in [9.17, 15) is 9.59 Å². The van der Waals surface area contributed by atoms with E-state index < -0.39 is 0 Å². The fourth-order valence-corrected chi connectivity index (χ4v) is 4.37. The second-order valence-corrected chi connectivity index (χ2v) is 8.41. The summed E-state index contributed by atoms with van der Waals surface area (Å²) < 4.78 is 0. The number of anilines is 1. The van der Waals surface area contributed by atoms with Crippen LogP contribution in [0.25, 0.3) is 22.0 Å². The Morgan fingerprint density at radius 1 is 0.969 bits per heavy atom. The quantitative estimate of drug-likeness (QED) is 0.631. The first-order valence-electron chi connectivity index (χ1n) is 10.7. The van der Waals surface area contributed by atoms with Crippen LogP contribution in [0.15, 0.2) is 48.5 Å². The zero-order valence-electron chi connectivity index (χ0n) is 17.4. The van der Waals surface area contributed by atoms with Crippen molar-refractivity contribution in [3.05, 3.63) is 53.6 Å². The van der Waals surface area contributed by atoms with Gasteiger partial charge in [0.15, 0.2) is 5.82 Å². The van der Waals surface area contributed by atoms with E-state index in [-0.39, 0.29) is 24.4 Å². The van der Waals surface area contributed by atoms with E-state index in [2.05, 4.69) is 37.9 Å². The smallest absolute Gasteiger partial charge is 0.241 e. The molecule has 0 spiro atoms. The first kappa shape index (κ1) is 20.7. The van der Waals surface area contributed by atoms with Gasteiger partial charge in [0.1, 0.15) is 11.7 Å². The van der Waals surface area contributed by atoms with Crippen molar-refractivity contribution in [3.8, 4) is 11.3 Å². The Labute approximate surface area is 190 Å². The van der Waals surface area contributed by atoms with Gasteiger partial charge in [-0.05, 0) is 12.1 Å². The minimum Gasteiger partial charge on any atom is -0.353 e. The highest BCUT2D eigenvalue weighted by Crippen LogP contribution is 2.32. The summed E-state index contributed by atoms with van der Waals surface area (Å²) in [6.07, 6.45) is 0. The molecule has 2 aromatic carbocycles. The maximum atomic E-state index is 12.8. The van der Waals surface area contributed by atoms with Crippen LogP contribution in [0.4, 0.5) is 5.82 Å². The van der Waals surface area contributed by atoms with Gasteiger partial charge in [-0.15, -0.1) is 10.2 Å². The van der Waals surface area contributed by atoms with Gasteiger partial charge in [0, 0.05) is 54.1 Å². The fraction of sp³-hybridized carbons (Fsp3) is 0.304. The average molecular weight is 451 g/mol. The molecule has 3 heterocycles. The van der Waals surface area contributed by atoms with E-state index in [1.54, 1.807) is 0 Å². The first-order valence-corrected chi connectivity index (χ1v) is 11.0. The number of rotatable bonds is 3. The molecule has 1 atom stereocenters. The molecule has 0 aliphatic carbocycles. The first-order chi connectivity index (χ1) is 15.6. The summed E-state index contributed by atoms with van der Waals surface area (Å²) in [6.45, 7) is 3.05. The lowest BCUT2D eigenvalue weighted by Crippen LogP contribution is -2.61. The lowest BCUT2D eigenvalue weighted by Gasteiger charge is -2.38. The number of nitrogens with one attached hydrogen (secondary N) is 2. The Balaban J connectivity index is 1.35. The molecule has 32 heavy (non-hydrogen) atoms. The van der Waals surface area contributed by atoms with E-state index in [0.29, 0.717) is 37.7 Å². The predicted octanol–water partition coefficient (Wildman–Crippen LogP) is 1.69. The number of hydrogen-bond acceptors (Lipinski definition) is 6. The van der Waals surface area contributed by atoms with Crippen LogP contribution in [0.1, 0.15) is 0 Å². The lowest BCUT2D eigenvalue weighted by molar-refractivity contribution is -0.135. The summed E-state index contributed by atoms with van der Waals surface area (Å²) >= 11 is 6.04. The van der Waals surface area contributed by atoms with Gasteiger partial charge in [-0.25, -0.2) is 0 Å². The summed E-state index contributed by atoms with van der Waals surface area (Å²) in [5.41, 5.74) is 1.78. The van der Waals surface area contributed by atoms with E-state index in [1.165, 1.54) is 0 Å². The van der Waals surface area contributed by atoms with Gasteiger partial charge in [-0.1, -0.05) is 48.0 Å². The predicted molar refractivity (Wildman–Crippen MR) is 124 cm³/mol. The van der Waals surface area contributed by atoms with Crippen molar-refractivity contribution in [2.24, 2.45) is 0 Å². The Bertz CT molecular complexity index is 1150. The molecular formula is C23H23ClN6O2. The zero-order valence-corrected chi connectivity index (χ0v) is 18.2. The molecule has 2 aliphatic rings. The Morgan fingerprint density at radius 3 is 2.38 bits per heavy atom. The van der Waals surface area contributed by atoms with Crippen LogP contribution in [0, 0.1) is 0 Å². The number of nitrogens with zero attached hydrogens (tertiary/aromatic N) is 4. The van der Waals surface area contributed by atoms with Gasteiger partial charge in [0.2, 0.25) is 11.8 Å². The number of amides is 2. The topological polar surface area (TPSA) is 90.5 Å². The Morgan fingerprint density at radius 2 is 1.69 bits per heavy atom. The van der Waals surface area contributed by atoms with Crippen molar-refractivity contribution in [2.75, 3.05) is 44.2 Å². The molecule has 0 unspecified atom stereocenters. The molecule has 9 heteroatoms. The van der Waals surface area contributed by atoms with Gasteiger partial charge in [0.25, 0.3) is 0 Å². The molecular weight excluding hydrogens is 428 g/mol. The number of carbonyl (C=O) groups excluding carboxylic acids is 2. The molecule has 2 saturated heterocycles. The van der Waals surface area contributed by atoms with Crippen molar-refractivity contribution in [3.63, 3.8) is 0 Å². The molecule has 0 radical (unpaired) electrons. The number of hydrogen-bond donors (Lipinski definition) is 2. The van der Waals surface area contributed by atoms with Crippen molar-refractivity contribution >= 4 is 40.0 Å². The summed E-state index contributed by atoms with van der Waals surface area (Å²) in [5.74, 6) is 0.776. The molecule has 2 aliphatic heterocycles. The molecule has 1 aromatic heterocycles. The highest BCUT2D eigenvalue weighted by Gasteiger charge is 2.30. The number of carbonyl (C=O) groups is 2. The third-order valence-electron chi connectivity index (χ3n) is 5.99. The largest absolute Gasteiger partial charge is 0.353 e. The highest BCUT2D eigenvalue weighted by atomic mass is 35.5. The van der Waals surface area contributed by atoms with Gasteiger partial charge in [-0.3, -0.25) is 14.9 Å². The van der Waals surface area contributed by atoms with Crippen molar-refractivity contribution < 1.29 is 9.59 Å². The van der Waals surface area contributed by atoms with Crippen LogP contribution in [0.5, 0.6) is 0 Å². The second kappa shape index (κ2) is 8.72. The highest BCUT2D eigenvalue weighted by molar-refractivity contribution is 6.30. The summed E-state index contributed by atoms with van der Waals surface area (Å²) in [5, 5.41) is 17.6. The Hall–Kier alpha value is -3.23. The third kappa shape index (κ3) is 3.99. The molecule has 2 amide bonds. The summed E-state index contributed by atoms with van der Waals surface area (Å²) in [4.78, 5) is 28.1. The lowest BCUT2D eigenvalue weighted by atomic mass is 10.0. The number of benzene rings is 2. The van der Waals surface area contributed by atoms with E-state index in [1.807, 2.05) is 41.3 Å².